The normalized spacial score (nSPS) is 10.3. The maximum atomic E-state index is 5.69. The highest BCUT2D eigenvalue weighted by molar-refractivity contribution is 6.19. The number of alkyl halides is 1. The fourth-order valence-electron chi connectivity index (χ4n) is 1.50. The van der Waals surface area contributed by atoms with Crippen LogP contribution in [0.3, 0.4) is 0 Å². The fraction of sp³-hybridized carbons (Fsp3) is 0.154. The lowest BCUT2D eigenvalue weighted by molar-refractivity contribution is 0.680. The number of hydrogen-bond acceptors (Lipinski definition) is 1. The summed E-state index contributed by atoms with van der Waals surface area (Å²) >= 11 is 5.69. The molecule has 0 aliphatic carbocycles. The first-order valence-electron chi connectivity index (χ1n) is 5.10. The lowest BCUT2D eigenvalue weighted by Gasteiger charge is -2.00. The van der Waals surface area contributed by atoms with Crippen molar-refractivity contribution >= 4 is 11.6 Å². The number of halogens is 1. The number of allylic oxidation sites excluding steroid dienone is 1. The summed E-state index contributed by atoms with van der Waals surface area (Å²) in [5.74, 6) is 0.473. The van der Waals surface area contributed by atoms with E-state index in [9.17, 15) is 0 Å². The van der Waals surface area contributed by atoms with Crippen molar-refractivity contribution in [3.05, 3.63) is 54.9 Å². The molecular formula is C13H13ClN2. The maximum Gasteiger partial charge on any atom is 0.0628 e. The van der Waals surface area contributed by atoms with E-state index in [2.05, 4.69) is 23.8 Å². The third-order valence-corrected chi connectivity index (χ3v) is 2.69. The Hall–Kier alpha value is -1.54. The summed E-state index contributed by atoms with van der Waals surface area (Å²) in [5, 5.41) is 4.28. The molecule has 2 rings (SSSR count). The maximum absolute atomic E-state index is 5.69. The molecule has 0 spiro atoms. The third-order valence-electron chi connectivity index (χ3n) is 2.31. The lowest BCUT2D eigenvalue weighted by Crippen LogP contribution is -2.01. The second-order valence-corrected chi connectivity index (χ2v) is 3.94. The van der Waals surface area contributed by atoms with Gasteiger partial charge in [0.15, 0.2) is 0 Å². The van der Waals surface area contributed by atoms with Crippen LogP contribution in [0.25, 0.3) is 11.1 Å². The molecule has 0 radical (unpaired) electrons. The molecule has 0 amide bonds. The van der Waals surface area contributed by atoms with Crippen LogP contribution in [0.4, 0.5) is 0 Å². The van der Waals surface area contributed by atoms with Crippen LogP contribution in [-0.4, -0.2) is 15.7 Å². The van der Waals surface area contributed by atoms with Gasteiger partial charge in [0.2, 0.25) is 0 Å². The van der Waals surface area contributed by atoms with Crippen LogP contribution >= 0.6 is 11.6 Å². The molecule has 0 aliphatic rings. The second-order valence-electron chi connectivity index (χ2n) is 3.68. The van der Waals surface area contributed by atoms with Gasteiger partial charge >= 0.3 is 0 Å². The molecule has 0 fully saturated rings. The third kappa shape index (κ3) is 2.52. The van der Waals surface area contributed by atoms with Crippen molar-refractivity contribution in [2.45, 2.75) is 6.54 Å². The van der Waals surface area contributed by atoms with Crippen molar-refractivity contribution in [1.82, 2.24) is 9.78 Å². The summed E-state index contributed by atoms with van der Waals surface area (Å²) in [4.78, 5) is 0. The van der Waals surface area contributed by atoms with E-state index in [-0.39, 0.29) is 0 Å². The SMILES string of the molecule is C=C(CCl)Cn1cc(-c2ccccc2)cn1. The summed E-state index contributed by atoms with van der Waals surface area (Å²) in [5.41, 5.74) is 3.25. The number of benzene rings is 1. The van der Waals surface area contributed by atoms with E-state index in [0.717, 1.165) is 11.1 Å². The van der Waals surface area contributed by atoms with Crippen LogP contribution in [0.2, 0.25) is 0 Å². The topological polar surface area (TPSA) is 17.8 Å². The minimum absolute atomic E-state index is 0.473. The molecular weight excluding hydrogens is 220 g/mol. The van der Waals surface area contributed by atoms with Crippen LogP contribution in [-0.2, 0) is 6.54 Å². The molecule has 0 aliphatic heterocycles. The number of nitrogens with zero attached hydrogens (tertiary/aromatic N) is 2. The molecule has 0 N–H and O–H groups in total. The van der Waals surface area contributed by atoms with E-state index in [1.807, 2.05) is 35.3 Å². The van der Waals surface area contributed by atoms with Gasteiger partial charge in [-0.1, -0.05) is 36.9 Å². The Morgan fingerprint density at radius 2 is 2.00 bits per heavy atom. The minimum Gasteiger partial charge on any atom is -0.268 e. The second kappa shape index (κ2) is 4.99. The average Bonchev–Trinajstić information content (AvgIpc) is 2.78. The predicted molar refractivity (Wildman–Crippen MR) is 67.5 cm³/mol. The lowest BCUT2D eigenvalue weighted by atomic mass is 10.1. The summed E-state index contributed by atoms with van der Waals surface area (Å²) in [7, 11) is 0. The Bertz CT molecular complexity index is 474. The number of rotatable bonds is 4. The van der Waals surface area contributed by atoms with Crippen LogP contribution in [0.5, 0.6) is 0 Å². The Morgan fingerprint density at radius 3 is 2.69 bits per heavy atom. The van der Waals surface area contributed by atoms with Crippen LogP contribution < -0.4 is 0 Å². The van der Waals surface area contributed by atoms with E-state index >= 15 is 0 Å². The molecule has 0 unspecified atom stereocenters. The van der Waals surface area contributed by atoms with Crippen molar-refractivity contribution in [1.29, 1.82) is 0 Å². The van der Waals surface area contributed by atoms with Gasteiger partial charge in [0, 0.05) is 17.6 Å². The van der Waals surface area contributed by atoms with Crippen molar-refractivity contribution < 1.29 is 0 Å². The van der Waals surface area contributed by atoms with Gasteiger partial charge in [-0.25, -0.2) is 0 Å². The minimum atomic E-state index is 0.473. The summed E-state index contributed by atoms with van der Waals surface area (Å²) in [6.45, 7) is 4.53. The quantitative estimate of drug-likeness (QED) is 0.584. The summed E-state index contributed by atoms with van der Waals surface area (Å²) in [6.07, 6.45) is 3.86. The first-order chi connectivity index (χ1) is 7.79. The number of hydrogen-bond donors (Lipinski definition) is 0. The molecule has 82 valence electrons. The van der Waals surface area contributed by atoms with Crippen LogP contribution in [0, 0.1) is 0 Å². The summed E-state index contributed by atoms with van der Waals surface area (Å²) < 4.78 is 1.85. The van der Waals surface area contributed by atoms with Gasteiger partial charge in [-0.3, -0.25) is 4.68 Å². The molecule has 0 saturated carbocycles. The highest BCUT2D eigenvalue weighted by Gasteiger charge is 2.01. The average molecular weight is 233 g/mol. The Kier molecular flexibility index (Phi) is 3.42. The molecule has 2 aromatic rings. The van der Waals surface area contributed by atoms with E-state index in [1.165, 1.54) is 5.56 Å². The molecule has 3 heteroatoms. The van der Waals surface area contributed by atoms with Gasteiger partial charge in [0.25, 0.3) is 0 Å². The number of aromatic nitrogens is 2. The van der Waals surface area contributed by atoms with Gasteiger partial charge in [0.05, 0.1) is 12.7 Å². The Balaban J connectivity index is 2.17. The molecule has 0 atom stereocenters. The zero-order valence-corrected chi connectivity index (χ0v) is 9.69. The largest absolute Gasteiger partial charge is 0.268 e. The first-order valence-corrected chi connectivity index (χ1v) is 5.63. The molecule has 16 heavy (non-hydrogen) atoms. The smallest absolute Gasteiger partial charge is 0.0628 e. The van der Waals surface area contributed by atoms with Crippen molar-refractivity contribution in [2.75, 3.05) is 5.88 Å². The molecule has 1 aromatic carbocycles. The molecule has 2 nitrogen and oxygen atoms in total. The molecule has 0 bridgehead atoms. The van der Waals surface area contributed by atoms with Gasteiger partial charge in [-0.2, -0.15) is 5.10 Å². The monoisotopic (exact) mass is 232 g/mol. The van der Waals surface area contributed by atoms with Gasteiger partial charge < -0.3 is 0 Å². The zero-order valence-electron chi connectivity index (χ0n) is 8.94. The van der Waals surface area contributed by atoms with Gasteiger partial charge in [-0.05, 0) is 11.1 Å². The van der Waals surface area contributed by atoms with Crippen molar-refractivity contribution in [2.24, 2.45) is 0 Å². The van der Waals surface area contributed by atoms with Gasteiger partial charge in [0.1, 0.15) is 0 Å². The van der Waals surface area contributed by atoms with Crippen molar-refractivity contribution in [3.8, 4) is 11.1 Å². The zero-order chi connectivity index (χ0) is 11.4. The standard InChI is InChI=1S/C13H13ClN2/c1-11(7-14)9-16-10-13(8-15-16)12-5-3-2-4-6-12/h2-6,8,10H,1,7,9H2. The molecule has 1 aromatic heterocycles. The van der Waals surface area contributed by atoms with E-state index in [4.69, 9.17) is 11.6 Å². The Labute approximate surface area is 100 Å². The first kappa shape index (κ1) is 11.0. The summed E-state index contributed by atoms with van der Waals surface area (Å²) in [6, 6.07) is 10.2. The van der Waals surface area contributed by atoms with Crippen molar-refractivity contribution in [3.63, 3.8) is 0 Å². The Morgan fingerprint density at radius 1 is 1.25 bits per heavy atom. The highest BCUT2D eigenvalue weighted by Crippen LogP contribution is 2.17. The van der Waals surface area contributed by atoms with E-state index in [1.54, 1.807) is 0 Å². The predicted octanol–water partition coefficient (Wildman–Crippen LogP) is 3.35. The van der Waals surface area contributed by atoms with E-state index in [0.29, 0.717) is 12.4 Å². The molecule has 0 saturated heterocycles. The van der Waals surface area contributed by atoms with Gasteiger partial charge in [-0.15, -0.1) is 11.6 Å². The fourth-order valence-corrected chi connectivity index (χ4v) is 1.59. The van der Waals surface area contributed by atoms with Crippen LogP contribution in [0.1, 0.15) is 0 Å². The molecule has 1 heterocycles. The van der Waals surface area contributed by atoms with E-state index < -0.39 is 0 Å². The highest BCUT2D eigenvalue weighted by atomic mass is 35.5. The van der Waals surface area contributed by atoms with Crippen LogP contribution in [0.15, 0.2) is 54.9 Å².